The molecule has 2 atom stereocenters. The molecule has 1 fully saturated rings. The van der Waals surface area contributed by atoms with E-state index < -0.39 is 17.7 Å². The minimum absolute atomic E-state index is 0.154. The number of nitrogens with one attached hydrogen (secondary N) is 1. The summed E-state index contributed by atoms with van der Waals surface area (Å²) in [6.07, 6.45) is -2.52. The number of hydrogen-bond acceptors (Lipinski definition) is 5. The van der Waals surface area contributed by atoms with Crippen molar-refractivity contribution in [2.24, 2.45) is 5.92 Å². The molecule has 0 spiro atoms. The molecule has 9 heteroatoms. The Bertz CT molecular complexity index is 1210. The van der Waals surface area contributed by atoms with Crippen molar-refractivity contribution in [1.29, 1.82) is 0 Å². The number of halogens is 3. The maximum Gasteiger partial charge on any atom is 0.416 e. The van der Waals surface area contributed by atoms with E-state index in [2.05, 4.69) is 20.1 Å². The molecule has 2 aliphatic rings. The van der Waals surface area contributed by atoms with Crippen LogP contribution in [0.3, 0.4) is 0 Å². The number of alkyl halides is 3. The highest BCUT2D eigenvalue weighted by Gasteiger charge is 2.42. The van der Waals surface area contributed by atoms with E-state index >= 15 is 0 Å². The number of piperazine rings is 1. The van der Waals surface area contributed by atoms with E-state index in [9.17, 15) is 18.0 Å². The molecular weight excluding hydrogens is 481 g/mol. The number of rotatable bonds is 7. The van der Waals surface area contributed by atoms with Crippen molar-refractivity contribution >= 4 is 11.6 Å². The Labute approximate surface area is 214 Å². The summed E-state index contributed by atoms with van der Waals surface area (Å²) in [6.45, 7) is 3.46. The topological polar surface area (TPSA) is 57.7 Å². The van der Waals surface area contributed by atoms with Crippen molar-refractivity contribution in [1.82, 2.24) is 15.2 Å². The highest BCUT2D eigenvalue weighted by atomic mass is 19.4. The normalized spacial score (nSPS) is 19.6. The molecule has 1 N–H and O–H groups in total. The lowest BCUT2D eigenvalue weighted by molar-refractivity contribution is -0.137. The van der Waals surface area contributed by atoms with Crippen molar-refractivity contribution in [3.8, 4) is 5.75 Å². The van der Waals surface area contributed by atoms with Crippen molar-refractivity contribution in [2.75, 3.05) is 37.7 Å². The van der Waals surface area contributed by atoms with Crippen LogP contribution in [0.25, 0.3) is 0 Å². The molecule has 0 aliphatic carbocycles. The van der Waals surface area contributed by atoms with Crippen molar-refractivity contribution in [2.45, 2.75) is 25.2 Å². The first kappa shape index (κ1) is 25.1. The zero-order valence-corrected chi connectivity index (χ0v) is 20.3. The second-order valence-corrected chi connectivity index (χ2v) is 9.41. The Hall–Kier alpha value is -3.59. The van der Waals surface area contributed by atoms with E-state index in [1.807, 2.05) is 42.5 Å². The molecule has 5 rings (SSSR count). The van der Waals surface area contributed by atoms with Gasteiger partial charge in [0.05, 0.1) is 29.8 Å². The van der Waals surface area contributed by atoms with Crippen LogP contribution in [0.1, 0.15) is 16.8 Å². The highest BCUT2D eigenvalue weighted by Crippen LogP contribution is 2.39. The fourth-order valence-electron chi connectivity index (χ4n) is 5.18. The van der Waals surface area contributed by atoms with Gasteiger partial charge in [0.25, 0.3) is 0 Å². The summed E-state index contributed by atoms with van der Waals surface area (Å²) in [4.78, 5) is 22.0. The minimum atomic E-state index is -4.43. The van der Waals surface area contributed by atoms with Gasteiger partial charge < -0.3 is 15.0 Å². The van der Waals surface area contributed by atoms with Crippen LogP contribution in [0.5, 0.6) is 5.75 Å². The lowest BCUT2D eigenvalue weighted by Gasteiger charge is -2.49. The summed E-state index contributed by atoms with van der Waals surface area (Å²) in [5.74, 6) is 0.142. The van der Waals surface area contributed by atoms with E-state index in [0.717, 1.165) is 29.7 Å². The molecule has 0 unspecified atom stereocenters. The number of fused-ring (bicyclic) bond motifs is 3. The maximum absolute atomic E-state index is 13.4. The molecule has 37 heavy (non-hydrogen) atoms. The van der Waals surface area contributed by atoms with Crippen molar-refractivity contribution in [3.05, 3.63) is 89.7 Å². The molecule has 194 valence electrons. The molecule has 1 amide bonds. The van der Waals surface area contributed by atoms with E-state index in [-0.39, 0.29) is 24.9 Å². The average Bonchev–Trinajstić information content (AvgIpc) is 2.91. The van der Waals surface area contributed by atoms with Gasteiger partial charge in [-0.05, 0) is 54.4 Å². The van der Waals surface area contributed by atoms with Gasteiger partial charge >= 0.3 is 6.18 Å². The number of aromatic nitrogens is 1. The van der Waals surface area contributed by atoms with Crippen LogP contribution in [0.15, 0.2) is 72.9 Å². The second-order valence-electron chi connectivity index (χ2n) is 9.41. The summed E-state index contributed by atoms with van der Waals surface area (Å²) >= 11 is 0. The minimum Gasteiger partial charge on any atom is -0.492 e. The Morgan fingerprint density at radius 3 is 2.62 bits per heavy atom. The van der Waals surface area contributed by atoms with E-state index in [4.69, 9.17) is 4.74 Å². The second kappa shape index (κ2) is 10.8. The number of ether oxygens (including phenoxy) is 1. The molecule has 0 radical (unpaired) electrons. The third-order valence-electron chi connectivity index (χ3n) is 7.05. The van der Waals surface area contributed by atoms with Gasteiger partial charge in [0.2, 0.25) is 5.91 Å². The van der Waals surface area contributed by atoms with Gasteiger partial charge in [0, 0.05) is 38.1 Å². The fourth-order valence-corrected chi connectivity index (χ4v) is 5.18. The van der Waals surface area contributed by atoms with Gasteiger partial charge in [-0.1, -0.05) is 24.3 Å². The van der Waals surface area contributed by atoms with Gasteiger partial charge in [0.1, 0.15) is 12.4 Å². The van der Waals surface area contributed by atoms with E-state index in [1.165, 1.54) is 6.07 Å². The fraction of sp³-hybridized carbons (Fsp3) is 0.357. The molecule has 2 aromatic carbocycles. The van der Waals surface area contributed by atoms with Crippen LogP contribution in [0, 0.1) is 5.92 Å². The number of amides is 1. The lowest BCUT2D eigenvalue weighted by Crippen LogP contribution is -2.61. The molecule has 0 saturated carbocycles. The molecule has 3 heterocycles. The predicted molar refractivity (Wildman–Crippen MR) is 134 cm³/mol. The molecule has 1 saturated heterocycles. The van der Waals surface area contributed by atoms with E-state index in [1.54, 1.807) is 18.3 Å². The summed E-state index contributed by atoms with van der Waals surface area (Å²) in [7, 11) is 0. The van der Waals surface area contributed by atoms with Crippen molar-refractivity contribution < 1.29 is 22.7 Å². The predicted octanol–water partition coefficient (Wildman–Crippen LogP) is 4.16. The van der Waals surface area contributed by atoms with Crippen LogP contribution in [0.2, 0.25) is 0 Å². The standard InChI is InChI=1S/C28H29F3N4O2/c29-28(30,31)21-9-10-25-20(16-21)17-24(27(36)33-18-22-6-4-5-11-32-22)26-19-34(12-13-35(25)26)14-15-37-23-7-2-1-3-8-23/h1-11,16,24,26H,12-15,17-19H2,(H,33,36)/t24-,26+/m0/s1. The molecule has 3 aromatic rings. The third kappa shape index (κ3) is 5.88. The Kier molecular flexibility index (Phi) is 7.32. The Morgan fingerprint density at radius 2 is 1.86 bits per heavy atom. The van der Waals surface area contributed by atoms with Crippen molar-refractivity contribution in [3.63, 3.8) is 0 Å². The van der Waals surface area contributed by atoms with Gasteiger partial charge in [-0.25, -0.2) is 0 Å². The number of pyridine rings is 1. The number of benzene rings is 2. The molecule has 2 aliphatic heterocycles. The van der Waals surface area contributed by atoms with Gasteiger partial charge in [-0.15, -0.1) is 0 Å². The molecule has 6 nitrogen and oxygen atoms in total. The van der Waals surface area contributed by atoms with Gasteiger partial charge in [0.15, 0.2) is 0 Å². The first-order valence-corrected chi connectivity index (χ1v) is 12.4. The number of hydrogen-bond donors (Lipinski definition) is 1. The average molecular weight is 511 g/mol. The zero-order valence-electron chi connectivity index (χ0n) is 20.3. The van der Waals surface area contributed by atoms with Gasteiger partial charge in [-0.2, -0.15) is 13.2 Å². The summed E-state index contributed by atoms with van der Waals surface area (Å²) < 4.78 is 46.1. The first-order valence-electron chi connectivity index (χ1n) is 12.4. The SMILES string of the molecule is O=C(NCc1ccccn1)[C@H]1Cc2cc(C(F)(F)F)ccc2N2CCN(CCOc3ccccc3)C[C@H]12. The number of carbonyl (C=O) groups excluding carboxylic acids is 1. The Morgan fingerprint density at radius 1 is 1.05 bits per heavy atom. The smallest absolute Gasteiger partial charge is 0.416 e. The number of carbonyl (C=O) groups is 1. The third-order valence-corrected chi connectivity index (χ3v) is 7.05. The van der Waals surface area contributed by atoms with Crippen LogP contribution < -0.4 is 15.0 Å². The van der Waals surface area contributed by atoms with Crippen LogP contribution in [-0.2, 0) is 23.9 Å². The van der Waals surface area contributed by atoms with Crippen LogP contribution in [-0.4, -0.2) is 54.6 Å². The first-order chi connectivity index (χ1) is 17.9. The molecule has 1 aromatic heterocycles. The zero-order chi connectivity index (χ0) is 25.8. The molecule has 0 bridgehead atoms. The van der Waals surface area contributed by atoms with Crippen LogP contribution in [0.4, 0.5) is 18.9 Å². The monoisotopic (exact) mass is 510 g/mol. The highest BCUT2D eigenvalue weighted by molar-refractivity contribution is 5.82. The number of para-hydroxylation sites is 1. The van der Waals surface area contributed by atoms with E-state index in [0.29, 0.717) is 31.8 Å². The lowest BCUT2D eigenvalue weighted by atomic mass is 9.82. The number of nitrogens with zero attached hydrogens (tertiary/aromatic N) is 3. The summed E-state index contributed by atoms with van der Waals surface area (Å²) in [5.41, 5.74) is 1.39. The number of anilines is 1. The summed E-state index contributed by atoms with van der Waals surface area (Å²) in [6, 6.07) is 18.8. The van der Waals surface area contributed by atoms with Crippen LogP contribution >= 0.6 is 0 Å². The largest absolute Gasteiger partial charge is 0.492 e. The quantitative estimate of drug-likeness (QED) is 0.518. The maximum atomic E-state index is 13.4. The Balaban J connectivity index is 1.33. The summed E-state index contributed by atoms with van der Waals surface area (Å²) in [5, 5.41) is 2.96. The van der Waals surface area contributed by atoms with Gasteiger partial charge in [-0.3, -0.25) is 14.7 Å². The molecular formula is C28H29F3N4O2.